The van der Waals surface area contributed by atoms with E-state index in [1.54, 1.807) is 0 Å². The van der Waals surface area contributed by atoms with Crippen molar-refractivity contribution < 1.29 is 4.79 Å². The Kier molecular flexibility index (Phi) is 5.81. The summed E-state index contributed by atoms with van der Waals surface area (Å²) < 4.78 is 0. The standard InChI is InChI=1S/C15H31N3O/c1-8-13-16-14(11(4)5)15(19)18(13)12(10(2)3)9-17(6)7/h10-14,16H,8-9H2,1-7H3. The Hall–Kier alpha value is -0.610. The fraction of sp³-hybridized carbons (Fsp3) is 0.933. The second-order valence-electron chi connectivity index (χ2n) is 6.63. The minimum Gasteiger partial charge on any atom is -0.321 e. The summed E-state index contributed by atoms with van der Waals surface area (Å²) in [6, 6.07) is 0.261. The average Bonchev–Trinajstić information content (AvgIpc) is 2.62. The monoisotopic (exact) mass is 269 g/mol. The van der Waals surface area contributed by atoms with Gasteiger partial charge in [0.1, 0.15) is 0 Å². The summed E-state index contributed by atoms with van der Waals surface area (Å²) in [5.74, 6) is 1.09. The van der Waals surface area contributed by atoms with Crippen LogP contribution in [0.15, 0.2) is 0 Å². The van der Waals surface area contributed by atoms with Crippen LogP contribution in [0.3, 0.4) is 0 Å². The lowest BCUT2D eigenvalue weighted by molar-refractivity contribution is -0.134. The van der Waals surface area contributed by atoms with Crippen molar-refractivity contribution >= 4 is 5.91 Å². The summed E-state index contributed by atoms with van der Waals surface area (Å²) in [4.78, 5) is 17.0. The summed E-state index contributed by atoms with van der Waals surface area (Å²) >= 11 is 0. The van der Waals surface area contributed by atoms with Gasteiger partial charge in [-0.2, -0.15) is 0 Å². The lowest BCUT2D eigenvalue weighted by Gasteiger charge is -2.36. The Morgan fingerprint density at radius 2 is 1.84 bits per heavy atom. The van der Waals surface area contributed by atoms with E-state index in [4.69, 9.17) is 0 Å². The molecule has 4 heteroatoms. The minimum absolute atomic E-state index is 0.0200. The molecule has 1 heterocycles. The lowest BCUT2D eigenvalue weighted by Crippen LogP contribution is -2.51. The van der Waals surface area contributed by atoms with Crippen molar-refractivity contribution in [3.05, 3.63) is 0 Å². The maximum Gasteiger partial charge on any atom is 0.241 e. The predicted octanol–water partition coefficient (Wildman–Crippen LogP) is 1.77. The number of hydrogen-bond donors (Lipinski definition) is 1. The van der Waals surface area contributed by atoms with E-state index in [2.05, 4.69) is 63.8 Å². The van der Waals surface area contributed by atoms with E-state index in [0.717, 1.165) is 13.0 Å². The third-order valence-corrected chi connectivity index (χ3v) is 3.96. The number of likely N-dealkylation sites (N-methyl/N-ethyl adjacent to an activating group) is 1. The number of amides is 1. The van der Waals surface area contributed by atoms with Gasteiger partial charge in [0.15, 0.2) is 0 Å². The van der Waals surface area contributed by atoms with Crippen LogP contribution in [0.5, 0.6) is 0 Å². The molecule has 1 amide bonds. The quantitative estimate of drug-likeness (QED) is 0.798. The molecule has 112 valence electrons. The highest BCUT2D eigenvalue weighted by Crippen LogP contribution is 2.25. The number of nitrogens with one attached hydrogen (secondary N) is 1. The van der Waals surface area contributed by atoms with Crippen LogP contribution in [0.1, 0.15) is 41.0 Å². The zero-order chi connectivity index (χ0) is 14.7. The summed E-state index contributed by atoms with van der Waals surface area (Å²) in [5, 5.41) is 3.51. The molecule has 0 spiro atoms. The first-order valence-electron chi connectivity index (χ1n) is 7.52. The van der Waals surface area contributed by atoms with E-state index in [0.29, 0.717) is 11.8 Å². The molecule has 0 saturated carbocycles. The molecule has 1 fully saturated rings. The van der Waals surface area contributed by atoms with E-state index in [1.165, 1.54) is 0 Å². The third-order valence-electron chi connectivity index (χ3n) is 3.96. The Morgan fingerprint density at radius 1 is 1.26 bits per heavy atom. The van der Waals surface area contributed by atoms with Gasteiger partial charge in [-0.3, -0.25) is 10.1 Å². The SMILES string of the molecule is CCC1NC(C(C)C)C(=O)N1C(CN(C)C)C(C)C. The summed E-state index contributed by atoms with van der Waals surface area (Å²) in [7, 11) is 4.15. The molecule has 0 aromatic heterocycles. The average molecular weight is 269 g/mol. The largest absolute Gasteiger partial charge is 0.321 e. The molecule has 19 heavy (non-hydrogen) atoms. The number of carbonyl (C=O) groups excluding carboxylic acids is 1. The first-order chi connectivity index (χ1) is 8.79. The van der Waals surface area contributed by atoms with Gasteiger partial charge in [0.05, 0.1) is 12.2 Å². The molecule has 1 N–H and O–H groups in total. The van der Waals surface area contributed by atoms with Crippen LogP contribution in [0.25, 0.3) is 0 Å². The van der Waals surface area contributed by atoms with Gasteiger partial charge in [-0.25, -0.2) is 0 Å². The molecule has 1 saturated heterocycles. The smallest absolute Gasteiger partial charge is 0.241 e. The van der Waals surface area contributed by atoms with Crippen molar-refractivity contribution in [3.8, 4) is 0 Å². The van der Waals surface area contributed by atoms with Crippen LogP contribution in [-0.2, 0) is 4.79 Å². The van der Waals surface area contributed by atoms with Crippen molar-refractivity contribution in [1.82, 2.24) is 15.1 Å². The Morgan fingerprint density at radius 3 is 2.21 bits per heavy atom. The summed E-state index contributed by atoms with van der Waals surface area (Å²) in [5.41, 5.74) is 0. The minimum atomic E-state index is -0.0200. The van der Waals surface area contributed by atoms with Crippen LogP contribution in [0.2, 0.25) is 0 Å². The van der Waals surface area contributed by atoms with Crippen molar-refractivity contribution in [2.75, 3.05) is 20.6 Å². The van der Waals surface area contributed by atoms with Crippen LogP contribution < -0.4 is 5.32 Å². The first-order valence-corrected chi connectivity index (χ1v) is 7.52. The van der Waals surface area contributed by atoms with E-state index < -0.39 is 0 Å². The highest BCUT2D eigenvalue weighted by molar-refractivity contribution is 5.85. The molecule has 3 unspecified atom stereocenters. The van der Waals surface area contributed by atoms with E-state index in [1.807, 2.05) is 0 Å². The zero-order valence-corrected chi connectivity index (χ0v) is 13.6. The van der Waals surface area contributed by atoms with Crippen molar-refractivity contribution in [2.45, 2.75) is 59.3 Å². The number of nitrogens with zero attached hydrogens (tertiary/aromatic N) is 2. The number of rotatable bonds is 6. The number of carbonyl (C=O) groups is 1. The van der Waals surface area contributed by atoms with E-state index in [-0.39, 0.29) is 24.2 Å². The van der Waals surface area contributed by atoms with Gasteiger partial charge in [-0.05, 0) is 32.4 Å². The molecule has 0 radical (unpaired) electrons. The van der Waals surface area contributed by atoms with Crippen molar-refractivity contribution in [1.29, 1.82) is 0 Å². The van der Waals surface area contributed by atoms with Gasteiger partial charge in [0, 0.05) is 12.6 Å². The highest BCUT2D eigenvalue weighted by Gasteiger charge is 2.43. The van der Waals surface area contributed by atoms with Gasteiger partial charge < -0.3 is 9.80 Å². The van der Waals surface area contributed by atoms with Crippen LogP contribution in [-0.4, -0.2) is 54.6 Å². The molecule has 0 aliphatic carbocycles. The molecule has 0 aromatic carbocycles. The third kappa shape index (κ3) is 3.69. The molecular formula is C15H31N3O. The van der Waals surface area contributed by atoms with Crippen molar-refractivity contribution in [2.24, 2.45) is 11.8 Å². The zero-order valence-electron chi connectivity index (χ0n) is 13.6. The maximum atomic E-state index is 12.7. The van der Waals surface area contributed by atoms with E-state index in [9.17, 15) is 4.79 Å². The molecule has 4 nitrogen and oxygen atoms in total. The Balaban J connectivity index is 2.95. The second kappa shape index (κ2) is 6.71. The normalized spacial score (nSPS) is 26.0. The molecule has 1 rings (SSSR count). The molecule has 3 atom stereocenters. The number of hydrogen-bond acceptors (Lipinski definition) is 3. The lowest BCUT2D eigenvalue weighted by atomic mass is 9.99. The molecule has 0 bridgehead atoms. The van der Waals surface area contributed by atoms with Gasteiger partial charge in [-0.15, -0.1) is 0 Å². The molecule has 1 aliphatic rings. The topological polar surface area (TPSA) is 35.6 Å². The summed E-state index contributed by atoms with van der Waals surface area (Å²) in [6.45, 7) is 11.7. The van der Waals surface area contributed by atoms with Crippen molar-refractivity contribution in [3.63, 3.8) is 0 Å². The van der Waals surface area contributed by atoms with Gasteiger partial charge in [-0.1, -0.05) is 34.6 Å². The van der Waals surface area contributed by atoms with Crippen LogP contribution in [0, 0.1) is 11.8 Å². The van der Waals surface area contributed by atoms with Crippen LogP contribution in [0.4, 0.5) is 0 Å². The van der Waals surface area contributed by atoms with E-state index >= 15 is 0 Å². The molecule has 0 aromatic rings. The first kappa shape index (κ1) is 16.4. The predicted molar refractivity (Wildman–Crippen MR) is 79.9 cm³/mol. The summed E-state index contributed by atoms with van der Waals surface area (Å²) in [6.07, 6.45) is 1.15. The maximum absolute atomic E-state index is 12.7. The highest BCUT2D eigenvalue weighted by atomic mass is 16.2. The fourth-order valence-corrected chi connectivity index (χ4v) is 2.85. The Labute approximate surface area is 118 Å². The van der Waals surface area contributed by atoms with Gasteiger partial charge >= 0.3 is 0 Å². The molecular weight excluding hydrogens is 238 g/mol. The Bertz CT molecular complexity index is 302. The van der Waals surface area contributed by atoms with Gasteiger partial charge in [0.2, 0.25) is 5.91 Å². The second-order valence-corrected chi connectivity index (χ2v) is 6.63. The molecule has 1 aliphatic heterocycles. The van der Waals surface area contributed by atoms with Crippen LogP contribution >= 0.6 is 0 Å². The fourth-order valence-electron chi connectivity index (χ4n) is 2.85. The van der Waals surface area contributed by atoms with Gasteiger partial charge in [0.25, 0.3) is 0 Å².